The van der Waals surface area contributed by atoms with Gasteiger partial charge in [0, 0.05) is 6.54 Å². The summed E-state index contributed by atoms with van der Waals surface area (Å²) in [6.45, 7) is 0.821. The van der Waals surface area contributed by atoms with Crippen LogP contribution >= 0.6 is 0 Å². The van der Waals surface area contributed by atoms with Crippen molar-refractivity contribution in [1.29, 1.82) is 0 Å². The predicted molar refractivity (Wildman–Crippen MR) is 83.0 cm³/mol. The van der Waals surface area contributed by atoms with Crippen LogP contribution in [0, 0.1) is 5.92 Å². The average Bonchev–Trinajstić information content (AvgIpc) is 3.04. The highest BCUT2D eigenvalue weighted by Crippen LogP contribution is 2.26. The molecule has 2 N–H and O–H groups in total. The summed E-state index contributed by atoms with van der Waals surface area (Å²) in [5.74, 6) is 1.27. The van der Waals surface area contributed by atoms with Crippen LogP contribution in [0.3, 0.4) is 0 Å². The fraction of sp³-hybridized carbons (Fsp3) is 0.444. The molecule has 0 saturated heterocycles. The van der Waals surface area contributed by atoms with Crippen LogP contribution in [0.2, 0.25) is 0 Å². The van der Waals surface area contributed by atoms with Gasteiger partial charge in [0.2, 0.25) is 0 Å². The Morgan fingerprint density at radius 1 is 1.10 bits per heavy atom. The van der Waals surface area contributed by atoms with Crippen molar-refractivity contribution in [2.24, 2.45) is 5.92 Å². The Labute approximate surface area is 126 Å². The van der Waals surface area contributed by atoms with E-state index in [0.717, 1.165) is 31.6 Å². The van der Waals surface area contributed by atoms with Crippen molar-refractivity contribution in [2.45, 2.75) is 37.8 Å². The van der Waals surface area contributed by atoms with Gasteiger partial charge in [-0.25, -0.2) is 0 Å². The molecule has 1 fully saturated rings. The lowest BCUT2D eigenvalue weighted by molar-refractivity contribution is 0.0683. The quantitative estimate of drug-likeness (QED) is 0.883. The minimum absolute atomic E-state index is 0.0512. The highest BCUT2D eigenvalue weighted by molar-refractivity contribution is 5.26. The molecule has 0 spiro atoms. The van der Waals surface area contributed by atoms with Crippen LogP contribution < -0.4 is 5.32 Å². The van der Waals surface area contributed by atoms with Crippen LogP contribution in [0.5, 0.6) is 0 Å². The summed E-state index contributed by atoms with van der Waals surface area (Å²) in [7, 11) is 0. The van der Waals surface area contributed by atoms with Gasteiger partial charge in [-0.2, -0.15) is 0 Å². The lowest BCUT2D eigenvalue weighted by Crippen LogP contribution is -2.35. The van der Waals surface area contributed by atoms with Gasteiger partial charge in [-0.3, -0.25) is 0 Å². The highest BCUT2D eigenvalue weighted by atomic mass is 16.3. The molecule has 3 nitrogen and oxygen atoms in total. The van der Waals surface area contributed by atoms with Gasteiger partial charge in [0.1, 0.15) is 5.76 Å². The summed E-state index contributed by atoms with van der Waals surface area (Å²) < 4.78 is 5.59. The molecule has 2 aromatic rings. The van der Waals surface area contributed by atoms with E-state index in [2.05, 4.69) is 17.4 Å². The third-order valence-electron chi connectivity index (χ3n) is 4.41. The topological polar surface area (TPSA) is 45.4 Å². The highest BCUT2D eigenvalue weighted by Gasteiger charge is 2.25. The SMILES string of the molecule is OC1CCCCC1CNC(c1ccccc1)c1ccco1. The third-order valence-corrected chi connectivity index (χ3v) is 4.41. The normalized spacial score (nSPS) is 23.9. The maximum absolute atomic E-state index is 10.1. The van der Waals surface area contributed by atoms with Crippen molar-refractivity contribution in [2.75, 3.05) is 6.54 Å². The van der Waals surface area contributed by atoms with E-state index in [-0.39, 0.29) is 12.1 Å². The summed E-state index contributed by atoms with van der Waals surface area (Å²) >= 11 is 0. The predicted octanol–water partition coefficient (Wildman–Crippen LogP) is 3.51. The zero-order valence-corrected chi connectivity index (χ0v) is 12.2. The van der Waals surface area contributed by atoms with Crippen molar-refractivity contribution < 1.29 is 9.52 Å². The molecule has 1 aliphatic carbocycles. The first-order valence-corrected chi connectivity index (χ1v) is 7.84. The molecular weight excluding hydrogens is 262 g/mol. The lowest BCUT2D eigenvalue weighted by Gasteiger charge is -2.29. The van der Waals surface area contributed by atoms with E-state index in [1.165, 1.54) is 12.0 Å². The first kappa shape index (κ1) is 14.4. The van der Waals surface area contributed by atoms with Crippen LogP contribution in [0.1, 0.15) is 43.0 Å². The minimum atomic E-state index is -0.167. The lowest BCUT2D eigenvalue weighted by atomic mass is 9.86. The van der Waals surface area contributed by atoms with E-state index in [1.54, 1.807) is 6.26 Å². The minimum Gasteiger partial charge on any atom is -0.467 e. The van der Waals surface area contributed by atoms with Gasteiger partial charge in [0.15, 0.2) is 0 Å². The van der Waals surface area contributed by atoms with E-state index < -0.39 is 0 Å². The molecule has 3 unspecified atom stereocenters. The molecule has 3 atom stereocenters. The largest absolute Gasteiger partial charge is 0.467 e. The molecule has 1 heterocycles. The Kier molecular flexibility index (Phi) is 4.73. The average molecular weight is 285 g/mol. The fourth-order valence-electron chi connectivity index (χ4n) is 3.18. The van der Waals surface area contributed by atoms with Crippen LogP contribution in [0.15, 0.2) is 53.1 Å². The second kappa shape index (κ2) is 6.92. The van der Waals surface area contributed by atoms with Gasteiger partial charge in [-0.1, -0.05) is 43.2 Å². The van der Waals surface area contributed by atoms with Crippen LogP contribution in [-0.2, 0) is 0 Å². The summed E-state index contributed by atoms with van der Waals surface area (Å²) in [5.41, 5.74) is 1.19. The Morgan fingerprint density at radius 2 is 1.90 bits per heavy atom. The van der Waals surface area contributed by atoms with E-state index >= 15 is 0 Å². The zero-order chi connectivity index (χ0) is 14.5. The molecule has 1 aliphatic rings. The van der Waals surface area contributed by atoms with E-state index in [9.17, 15) is 5.11 Å². The van der Waals surface area contributed by atoms with Gasteiger partial charge in [0.05, 0.1) is 18.4 Å². The second-order valence-electron chi connectivity index (χ2n) is 5.88. The van der Waals surface area contributed by atoms with Crippen molar-refractivity contribution in [1.82, 2.24) is 5.32 Å². The number of hydrogen-bond donors (Lipinski definition) is 2. The molecule has 0 bridgehead atoms. The van der Waals surface area contributed by atoms with Crippen LogP contribution in [-0.4, -0.2) is 17.8 Å². The molecule has 1 saturated carbocycles. The van der Waals surface area contributed by atoms with E-state index in [1.807, 2.05) is 30.3 Å². The number of nitrogens with one attached hydrogen (secondary N) is 1. The Morgan fingerprint density at radius 3 is 2.62 bits per heavy atom. The summed E-state index contributed by atoms with van der Waals surface area (Å²) in [6, 6.07) is 14.3. The molecule has 0 aliphatic heterocycles. The van der Waals surface area contributed by atoms with Crippen LogP contribution in [0.4, 0.5) is 0 Å². The Balaban J connectivity index is 1.71. The van der Waals surface area contributed by atoms with E-state index in [0.29, 0.717) is 5.92 Å². The first-order chi connectivity index (χ1) is 10.3. The molecule has 0 amide bonds. The molecular formula is C18H23NO2. The Bertz CT molecular complexity index is 523. The number of hydrogen-bond acceptors (Lipinski definition) is 3. The molecule has 1 aromatic heterocycles. The van der Waals surface area contributed by atoms with E-state index in [4.69, 9.17) is 4.42 Å². The first-order valence-electron chi connectivity index (χ1n) is 7.84. The molecule has 3 rings (SSSR count). The van der Waals surface area contributed by atoms with Gasteiger partial charge < -0.3 is 14.8 Å². The van der Waals surface area contributed by atoms with Gasteiger partial charge in [-0.15, -0.1) is 0 Å². The van der Waals surface area contributed by atoms with Crippen LogP contribution in [0.25, 0.3) is 0 Å². The fourth-order valence-corrected chi connectivity index (χ4v) is 3.18. The van der Waals surface area contributed by atoms with Crippen molar-refractivity contribution in [3.8, 4) is 0 Å². The number of aliphatic hydroxyl groups excluding tert-OH is 1. The molecule has 21 heavy (non-hydrogen) atoms. The molecule has 3 heteroatoms. The smallest absolute Gasteiger partial charge is 0.125 e. The Hall–Kier alpha value is -1.58. The zero-order valence-electron chi connectivity index (χ0n) is 12.2. The number of benzene rings is 1. The molecule has 1 aromatic carbocycles. The van der Waals surface area contributed by atoms with Gasteiger partial charge >= 0.3 is 0 Å². The van der Waals surface area contributed by atoms with Crippen molar-refractivity contribution in [3.63, 3.8) is 0 Å². The number of aliphatic hydroxyl groups is 1. The standard InChI is InChI=1S/C18H23NO2/c20-16-10-5-4-9-15(16)13-19-18(17-11-6-12-21-17)14-7-2-1-3-8-14/h1-3,6-8,11-12,15-16,18-20H,4-5,9-10,13H2. The maximum atomic E-state index is 10.1. The third kappa shape index (κ3) is 3.55. The second-order valence-corrected chi connectivity index (χ2v) is 5.88. The number of rotatable bonds is 5. The molecule has 112 valence electrons. The maximum Gasteiger partial charge on any atom is 0.125 e. The summed E-state index contributed by atoms with van der Waals surface area (Å²) in [6.07, 6.45) is 5.96. The van der Waals surface area contributed by atoms with Crippen molar-refractivity contribution >= 4 is 0 Å². The molecule has 0 radical (unpaired) electrons. The summed E-state index contributed by atoms with van der Waals surface area (Å²) in [4.78, 5) is 0. The number of furan rings is 1. The van der Waals surface area contributed by atoms with Gasteiger partial charge in [-0.05, 0) is 36.5 Å². The van der Waals surface area contributed by atoms with Crippen molar-refractivity contribution in [3.05, 3.63) is 60.1 Å². The monoisotopic (exact) mass is 285 g/mol. The van der Waals surface area contributed by atoms with Gasteiger partial charge in [0.25, 0.3) is 0 Å². The summed E-state index contributed by atoms with van der Waals surface area (Å²) in [5, 5.41) is 13.7.